The Morgan fingerprint density at radius 1 is 1.33 bits per heavy atom. The van der Waals surface area contributed by atoms with E-state index in [2.05, 4.69) is 33.6 Å². The Labute approximate surface area is 108 Å². The van der Waals surface area contributed by atoms with Crippen molar-refractivity contribution in [1.29, 1.82) is 0 Å². The molecule has 1 N–H and O–H groups in total. The average molecular weight is 259 g/mol. The third-order valence-corrected chi connectivity index (χ3v) is 3.73. The van der Waals surface area contributed by atoms with Crippen molar-refractivity contribution in [3.05, 3.63) is 41.2 Å². The van der Waals surface area contributed by atoms with Crippen molar-refractivity contribution >= 4 is 22.0 Å². The lowest BCUT2D eigenvalue weighted by Crippen LogP contribution is -1.98. The van der Waals surface area contributed by atoms with E-state index in [0.717, 1.165) is 27.6 Å². The number of hydrogen-bond donors (Lipinski definition) is 1. The van der Waals surface area contributed by atoms with Crippen molar-refractivity contribution in [3.63, 3.8) is 0 Å². The average Bonchev–Trinajstić information content (AvgIpc) is 3.03. The fraction of sp³-hybridized carbons (Fsp3) is 0.250. The van der Waals surface area contributed by atoms with Gasteiger partial charge in [-0.3, -0.25) is 0 Å². The molecule has 0 amide bonds. The first kappa shape index (κ1) is 11.2. The molecular weight excluding hydrogens is 246 g/mol. The highest BCUT2D eigenvalue weighted by atomic mass is 32.1. The van der Waals surface area contributed by atoms with Crippen LogP contribution in [0.5, 0.6) is 0 Å². The first-order valence-corrected chi connectivity index (χ1v) is 6.66. The van der Waals surface area contributed by atoms with E-state index in [1.54, 1.807) is 11.3 Å². The summed E-state index contributed by atoms with van der Waals surface area (Å²) in [6, 6.07) is 6.04. The van der Waals surface area contributed by atoms with E-state index in [4.69, 9.17) is 0 Å². The van der Waals surface area contributed by atoms with Gasteiger partial charge in [-0.1, -0.05) is 24.3 Å². The van der Waals surface area contributed by atoms with Crippen molar-refractivity contribution < 1.29 is 0 Å². The first-order valence-electron chi connectivity index (χ1n) is 5.84. The lowest BCUT2D eigenvalue weighted by molar-refractivity contribution is 0.961. The summed E-state index contributed by atoms with van der Waals surface area (Å²) in [5, 5.41) is 17.7. The summed E-state index contributed by atoms with van der Waals surface area (Å²) >= 11 is 1.60. The number of rotatable bonds is 4. The van der Waals surface area contributed by atoms with Crippen molar-refractivity contribution in [2.75, 3.05) is 5.32 Å². The number of anilines is 1. The zero-order chi connectivity index (χ0) is 12.4. The smallest absolute Gasteiger partial charge is 0.205 e. The van der Waals surface area contributed by atoms with E-state index >= 15 is 0 Å². The van der Waals surface area contributed by atoms with Crippen LogP contribution in [0.3, 0.4) is 0 Å². The zero-order valence-corrected chi connectivity index (χ0v) is 10.8. The molecule has 0 aliphatic rings. The summed E-state index contributed by atoms with van der Waals surface area (Å²) in [5.74, 6) is 0. The maximum atomic E-state index is 4.30. The van der Waals surface area contributed by atoms with E-state index in [1.807, 2.05) is 29.0 Å². The molecule has 0 saturated carbocycles. The summed E-state index contributed by atoms with van der Waals surface area (Å²) in [5.41, 5.74) is 2.27. The van der Waals surface area contributed by atoms with Crippen LogP contribution in [0.2, 0.25) is 0 Å². The third-order valence-electron chi connectivity index (χ3n) is 2.71. The summed E-state index contributed by atoms with van der Waals surface area (Å²) in [6.45, 7) is 2.79. The van der Waals surface area contributed by atoms with Crippen LogP contribution in [-0.4, -0.2) is 19.8 Å². The van der Waals surface area contributed by atoms with Gasteiger partial charge in [0.05, 0.1) is 11.7 Å². The second-order valence-electron chi connectivity index (χ2n) is 3.91. The molecule has 3 rings (SSSR count). The number of aryl methyl sites for hydroxylation is 1. The molecule has 0 aromatic carbocycles. The van der Waals surface area contributed by atoms with Crippen LogP contribution in [0.1, 0.15) is 17.5 Å². The van der Waals surface area contributed by atoms with Gasteiger partial charge in [0.15, 0.2) is 0 Å². The quantitative estimate of drug-likeness (QED) is 0.781. The molecule has 0 atom stereocenters. The Balaban J connectivity index is 1.76. The molecule has 0 spiro atoms. The highest BCUT2D eigenvalue weighted by Gasteiger charge is 2.05. The van der Waals surface area contributed by atoms with Gasteiger partial charge >= 0.3 is 0 Å². The Kier molecular flexibility index (Phi) is 2.93. The van der Waals surface area contributed by atoms with Crippen molar-refractivity contribution in [1.82, 2.24) is 19.8 Å². The molecule has 0 aliphatic heterocycles. The molecule has 0 saturated heterocycles. The first-order chi connectivity index (χ1) is 8.86. The molecule has 92 valence electrons. The highest BCUT2D eigenvalue weighted by molar-refractivity contribution is 7.15. The Bertz CT molecular complexity index is 657. The Morgan fingerprint density at radius 2 is 2.28 bits per heavy atom. The van der Waals surface area contributed by atoms with Gasteiger partial charge in [-0.2, -0.15) is 5.10 Å². The zero-order valence-electron chi connectivity index (χ0n) is 10.00. The number of nitrogens with zero attached hydrogens (tertiary/aromatic N) is 4. The minimum atomic E-state index is 0.714. The van der Waals surface area contributed by atoms with Gasteiger partial charge in [0.2, 0.25) is 5.13 Å². The molecule has 6 heteroatoms. The normalized spacial score (nSPS) is 10.9. The molecule has 0 fully saturated rings. The number of nitrogens with one attached hydrogen (secondary N) is 1. The van der Waals surface area contributed by atoms with Crippen molar-refractivity contribution in [2.45, 2.75) is 19.9 Å². The molecule has 5 nitrogen and oxygen atoms in total. The summed E-state index contributed by atoms with van der Waals surface area (Å²) in [6.07, 6.45) is 4.75. The number of pyridine rings is 1. The largest absolute Gasteiger partial charge is 0.356 e. The van der Waals surface area contributed by atoms with Gasteiger partial charge in [0, 0.05) is 18.3 Å². The second kappa shape index (κ2) is 4.73. The standard InChI is InChI=1S/C12H13N5S/c1-2-11-15-16-12(18-11)13-7-9-8-14-17-6-4-3-5-10(9)17/h3-6,8H,2,7H2,1H3,(H,13,16). The lowest BCUT2D eigenvalue weighted by Gasteiger charge is -1.99. The number of aromatic nitrogens is 4. The fourth-order valence-electron chi connectivity index (χ4n) is 1.76. The van der Waals surface area contributed by atoms with E-state index in [-0.39, 0.29) is 0 Å². The van der Waals surface area contributed by atoms with Crippen LogP contribution in [0.25, 0.3) is 5.52 Å². The van der Waals surface area contributed by atoms with Gasteiger partial charge < -0.3 is 5.32 Å². The van der Waals surface area contributed by atoms with Gasteiger partial charge in [-0.05, 0) is 18.6 Å². The summed E-state index contributed by atoms with van der Waals surface area (Å²) in [7, 11) is 0. The van der Waals surface area contributed by atoms with Crippen LogP contribution in [0.4, 0.5) is 5.13 Å². The van der Waals surface area contributed by atoms with E-state index in [1.165, 1.54) is 0 Å². The van der Waals surface area contributed by atoms with Gasteiger partial charge in [-0.15, -0.1) is 10.2 Å². The summed E-state index contributed by atoms with van der Waals surface area (Å²) in [4.78, 5) is 0. The number of fused-ring (bicyclic) bond motifs is 1. The number of hydrogen-bond acceptors (Lipinski definition) is 5. The molecular formula is C12H13N5S. The van der Waals surface area contributed by atoms with E-state index in [9.17, 15) is 0 Å². The minimum absolute atomic E-state index is 0.714. The lowest BCUT2D eigenvalue weighted by atomic mass is 10.2. The Morgan fingerprint density at radius 3 is 3.11 bits per heavy atom. The Hall–Kier alpha value is -1.95. The fourth-order valence-corrected chi connectivity index (χ4v) is 2.44. The van der Waals surface area contributed by atoms with Crippen LogP contribution in [0.15, 0.2) is 30.6 Å². The van der Waals surface area contributed by atoms with Crippen LogP contribution in [-0.2, 0) is 13.0 Å². The molecule has 0 aliphatic carbocycles. The second-order valence-corrected chi connectivity index (χ2v) is 4.97. The highest BCUT2D eigenvalue weighted by Crippen LogP contribution is 2.17. The third kappa shape index (κ3) is 2.06. The predicted molar refractivity (Wildman–Crippen MR) is 71.8 cm³/mol. The molecule has 3 aromatic rings. The van der Waals surface area contributed by atoms with Crippen LogP contribution < -0.4 is 5.32 Å². The van der Waals surface area contributed by atoms with Gasteiger partial charge in [-0.25, -0.2) is 4.52 Å². The molecule has 3 heterocycles. The van der Waals surface area contributed by atoms with Crippen molar-refractivity contribution in [2.24, 2.45) is 0 Å². The molecule has 0 radical (unpaired) electrons. The molecule has 3 aromatic heterocycles. The van der Waals surface area contributed by atoms with Crippen LogP contribution >= 0.6 is 11.3 Å². The van der Waals surface area contributed by atoms with Crippen LogP contribution in [0, 0.1) is 0 Å². The van der Waals surface area contributed by atoms with E-state index < -0.39 is 0 Å². The maximum Gasteiger partial charge on any atom is 0.205 e. The monoisotopic (exact) mass is 259 g/mol. The SMILES string of the molecule is CCc1nnc(NCc2cnn3ccccc23)s1. The van der Waals surface area contributed by atoms with Crippen molar-refractivity contribution in [3.8, 4) is 0 Å². The topological polar surface area (TPSA) is 55.1 Å². The van der Waals surface area contributed by atoms with E-state index in [0.29, 0.717) is 6.54 Å². The minimum Gasteiger partial charge on any atom is -0.356 e. The van der Waals surface area contributed by atoms with Gasteiger partial charge in [0.1, 0.15) is 5.01 Å². The van der Waals surface area contributed by atoms with Gasteiger partial charge in [0.25, 0.3) is 0 Å². The molecule has 18 heavy (non-hydrogen) atoms. The predicted octanol–water partition coefficient (Wildman–Crippen LogP) is 2.36. The summed E-state index contributed by atoms with van der Waals surface area (Å²) < 4.78 is 1.87. The molecule has 0 unspecified atom stereocenters. The molecule has 0 bridgehead atoms. The maximum absolute atomic E-state index is 4.30.